The normalized spacial score (nSPS) is 15.9. The van der Waals surface area contributed by atoms with Crippen molar-refractivity contribution in [3.05, 3.63) is 35.6 Å². The Kier molecular flexibility index (Phi) is 2.67. The molecule has 90 valence electrons. The molecule has 0 spiro atoms. The fourth-order valence-corrected chi connectivity index (χ4v) is 2.27. The van der Waals surface area contributed by atoms with Crippen molar-refractivity contribution in [1.82, 2.24) is 5.32 Å². The van der Waals surface area contributed by atoms with Crippen molar-refractivity contribution in [2.45, 2.75) is 45.2 Å². The molecule has 0 radical (unpaired) electrons. The first-order valence-electron chi connectivity index (χ1n) is 6.48. The minimum atomic E-state index is 0.508. The van der Waals surface area contributed by atoms with Crippen LogP contribution in [0.5, 0.6) is 0 Å². The molecule has 1 fully saturated rings. The first-order chi connectivity index (χ1) is 8.25. The molecule has 2 aromatic rings. The van der Waals surface area contributed by atoms with Gasteiger partial charge in [-0.25, -0.2) is 0 Å². The molecular weight excluding hydrogens is 210 g/mol. The molecule has 17 heavy (non-hydrogen) atoms. The molecular formula is C15H19NO. The molecule has 1 N–H and O–H groups in total. The van der Waals surface area contributed by atoms with Crippen LogP contribution >= 0.6 is 0 Å². The van der Waals surface area contributed by atoms with E-state index >= 15 is 0 Å². The van der Waals surface area contributed by atoms with Crippen molar-refractivity contribution >= 4 is 11.0 Å². The van der Waals surface area contributed by atoms with Crippen LogP contribution in [0.25, 0.3) is 11.0 Å². The van der Waals surface area contributed by atoms with Crippen LogP contribution in [0.2, 0.25) is 0 Å². The van der Waals surface area contributed by atoms with Crippen LogP contribution in [0.15, 0.2) is 28.9 Å². The van der Waals surface area contributed by atoms with Crippen LogP contribution in [0.3, 0.4) is 0 Å². The second kappa shape index (κ2) is 4.19. The molecule has 1 aliphatic rings. The van der Waals surface area contributed by atoms with Gasteiger partial charge in [0.15, 0.2) is 0 Å². The maximum atomic E-state index is 5.75. The summed E-state index contributed by atoms with van der Waals surface area (Å²) < 4.78 is 5.75. The van der Waals surface area contributed by atoms with Gasteiger partial charge in [-0.3, -0.25) is 0 Å². The highest BCUT2D eigenvalue weighted by molar-refractivity contribution is 5.84. The van der Waals surface area contributed by atoms with E-state index in [0.29, 0.717) is 5.92 Å². The van der Waals surface area contributed by atoms with E-state index in [1.165, 1.54) is 29.4 Å². The van der Waals surface area contributed by atoms with E-state index < -0.39 is 0 Å². The number of fused-ring (bicyclic) bond motifs is 1. The van der Waals surface area contributed by atoms with E-state index in [0.717, 1.165) is 18.2 Å². The van der Waals surface area contributed by atoms with Crippen molar-refractivity contribution in [2.75, 3.05) is 0 Å². The average molecular weight is 229 g/mol. The molecule has 2 heteroatoms. The largest absolute Gasteiger partial charge is 0.464 e. The topological polar surface area (TPSA) is 25.2 Å². The van der Waals surface area contributed by atoms with Gasteiger partial charge in [-0.15, -0.1) is 0 Å². The monoisotopic (exact) mass is 229 g/mol. The number of hydrogen-bond donors (Lipinski definition) is 1. The number of furan rings is 1. The molecule has 2 nitrogen and oxygen atoms in total. The molecule has 1 aliphatic carbocycles. The fourth-order valence-electron chi connectivity index (χ4n) is 2.27. The molecule has 0 bridgehead atoms. The Morgan fingerprint density at radius 1 is 1.35 bits per heavy atom. The summed E-state index contributed by atoms with van der Waals surface area (Å²) in [6.07, 6.45) is 4.56. The van der Waals surface area contributed by atoms with E-state index in [9.17, 15) is 0 Å². The average Bonchev–Trinajstić information content (AvgIpc) is 3.06. The van der Waals surface area contributed by atoms with E-state index in [2.05, 4.69) is 37.4 Å². The molecule has 1 saturated carbocycles. The van der Waals surface area contributed by atoms with Crippen molar-refractivity contribution in [1.29, 1.82) is 0 Å². The number of rotatable bonds is 4. The zero-order chi connectivity index (χ0) is 11.8. The van der Waals surface area contributed by atoms with Gasteiger partial charge >= 0.3 is 0 Å². The first-order valence-corrected chi connectivity index (χ1v) is 6.48. The predicted octanol–water partition coefficient (Wildman–Crippen LogP) is 3.81. The lowest BCUT2D eigenvalue weighted by Crippen LogP contribution is -2.14. The summed E-state index contributed by atoms with van der Waals surface area (Å²) in [6.45, 7) is 5.35. The number of hydrogen-bond acceptors (Lipinski definition) is 2. The Hall–Kier alpha value is -1.28. The molecule has 0 aliphatic heterocycles. The van der Waals surface area contributed by atoms with Gasteiger partial charge in [0, 0.05) is 23.5 Å². The van der Waals surface area contributed by atoms with Crippen LogP contribution in [-0.2, 0) is 6.54 Å². The van der Waals surface area contributed by atoms with Gasteiger partial charge in [0.25, 0.3) is 0 Å². The summed E-state index contributed by atoms with van der Waals surface area (Å²) in [5, 5.41) is 4.81. The number of nitrogens with one attached hydrogen (secondary N) is 1. The maximum Gasteiger partial charge on any atom is 0.137 e. The Labute approximate surface area is 102 Å². The highest BCUT2D eigenvalue weighted by Crippen LogP contribution is 2.29. The summed E-state index contributed by atoms with van der Waals surface area (Å²) in [7, 11) is 0. The van der Waals surface area contributed by atoms with Gasteiger partial charge in [-0.1, -0.05) is 32.0 Å². The van der Waals surface area contributed by atoms with Gasteiger partial charge in [0.2, 0.25) is 0 Å². The third kappa shape index (κ3) is 2.09. The summed E-state index contributed by atoms with van der Waals surface area (Å²) in [5.74, 6) is 0.508. The molecule has 0 atom stereocenters. The van der Waals surface area contributed by atoms with Crippen molar-refractivity contribution < 1.29 is 4.42 Å². The van der Waals surface area contributed by atoms with Crippen LogP contribution in [0.4, 0.5) is 0 Å². The Morgan fingerprint density at radius 3 is 2.88 bits per heavy atom. The van der Waals surface area contributed by atoms with Crippen molar-refractivity contribution in [2.24, 2.45) is 0 Å². The summed E-state index contributed by atoms with van der Waals surface area (Å²) in [5.41, 5.74) is 3.66. The van der Waals surface area contributed by atoms with Gasteiger partial charge in [-0.2, -0.15) is 0 Å². The molecule has 1 aromatic carbocycles. The van der Waals surface area contributed by atoms with Gasteiger partial charge in [0.1, 0.15) is 5.58 Å². The minimum absolute atomic E-state index is 0.508. The lowest BCUT2D eigenvalue weighted by atomic mass is 10.0. The predicted molar refractivity (Wildman–Crippen MR) is 70.2 cm³/mol. The summed E-state index contributed by atoms with van der Waals surface area (Å²) in [6, 6.07) is 7.20. The third-order valence-electron chi connectivity index (χ3n) is 3.49. The van der Waals surface area contributed by atoms with E-state index in [-0.39, 0.29) is 0 Å². The van der Waals surface area contributed by atoms with Crippen molar-refractivity contribution in [3.8, 4) is 0 Å². The number of benzene rings is 1. The maximum absolute atomic E-state index is 5.75. The summed E-state index contributed by atoms with van der Waals surface area (Å²) in [4.78, 5) is 0. The fraction of sp³-hybridized carbons (Fsp3) is 0.467. The first kappa shape index (κ1) is 10.8. The molecule has 0 saturated heterocycles. The second-order valence-corrected chi connectivity index (χ2v) is 5.29. The lowest BCUT2D eigenvalue weighted by molar-refractivity contribution is 0.595. The molecule has 1 heterocycles. The molecule has 1 aromatic heterocycles. The van der Waals surface area contributed by atoms with Crippen LogP contribution < -0.4 is 5.32 Å². The molecule has 0 amide bonds. The van der Waals surface area contributed by atoms with Crippen LogP contribution in [-0.4, -0.2) is 6.04 Å². The number of para-hydroxylation sites is 1. The smallest absolute Gasteiger partial charge is 0.137 e. The van der Waals surface area contributed by atoms with E-state index in [1.807, 2.05) is 6.26 Å². The highest BCUT2D eigenvalue weighted by Gasteiger charge is 2.21. The Morgan fingerprint density at radius 2 is 2.18 bits per heavy atom. The Balaban J connectivity index is 1.94. The lowest BCUT2D eigenvalue weighted by Gasteiger charge is -2.05. The zero-order valence-corrected chi connectivity index (χ0v) is 10.5. The SMILES string of the molecule is CC(C)c1cccc2c(CNC3CC3)coc12. The van der Waals surface area contributed by atoms with E-state index in [1.54, 1.807) is 0 Å². The van der Waals surface area contributed by atoms with Gasteiger partial charge in [-0.05, 0) is 24.3 Å². The quantitative estimate of drug-likeness (QED) is 0.862. The zero-order valence-electron chi connectivity index (χ0n) is 10.5. The van der Waals surface area contributed by atoms with Crippen LogP contribution in [0, 0.1) is 0 Å². The van der Waals surface area contributed by atoms with Crippen molar-refractivity contribution in [3.63, 3.8) is 0 Å². The second-order valence-electron chi connectivity index (χ2n) is 5.29. The summed E-state index contributed by atoms with van der Waals surface area (Å²) >= 11 is 0. The standard InChI is InChI=1S/C15H19NO/c1-10(2)13-4-3-5-14-11(9-17-15(13)14)8-16-12-6-7-12/h3-5,9-10,12,16H,6-8H2,1-2H3. The minimum Gasteiger partial charge on any atom is -0.464 e. The Bertz CT molecular complexity index is 523. The molecule has 0 unspecified atom stereocenters. The highest BCUT2D eigenvalue weighted by atomic mass is 16.3. The molecule has 3 rings (SSSR count). The third-order valence-corrected chi connectivity index (χ3v) is 3.49. The van der Waals surface area contributed by atoms with Gasteiger partial charge in [0.05, 0.1) is 6.26 Å². The van der Waals surface area contributed by atoms with E-state index in [4.69, 9.17) is 4.42 Å². The van der Waals surface area contributed by atoms with Gasteiger partial charge < -0.3 is 9.73 Å². The van der Waals surface area contributed by atoms with Crippen LogP contribution in [0.1, 0.15) is 43.7 Å².